The van der Waals surface area contributed by atoms with Crippen molar-refractivity contribution in [1.82, 2.24) is 9.78 Å². The Hall–Kier alpha value is -4.92. The van der Waals surface area contributed by atoms with Gasteiger partial charge in [0.1, 0.15) is 0 Å². The average molecular weight is 761 g/mol. The van der Waals surface area contributed by atoms with Crippen LogP contribution in [0.5, 0.6) is 0 Å². The van der Waals surface area contributed by atoms with Crippen LogP contribution in [0.3, 0.4) is 0 Å². The number of benzene rings is 6. The summed E-state index contributed by atoms with van der Waals surface area (Å²) in [6.07, 6.45) is 0. The molecule has 0 aliphatic rings. The summed E-state index contributed by atoms with van der Waals surface area (Å²) < 4.78 is 1.97. The normalized spacial score (nSPS) is 10.8. The standard InChI is InChI=1S/C27H30N3.3C7H7.Zr/c1-18(2)21-15-11-16-22(19(3)4)26(21)28-25(20-12-7-6-8-13-20)27-23-14-9-10-17-24(23)30(5)29-27;3*1-7-5-3-2-4-6-7;/h6-19,25H,1-5H3;3*2-6H,1H2;/q4*-1;+3. The van der Waals surface area contributed by atoms with Crippen molar-refractivity contribution < 1.29 is 26.2 Å². The third kappa shape index (κ3) is 12.4. The summed E-state index contributed by atoms with van der Waals surface area (Å²) in [7, 11) is 2.01. The molecule has 3 nitrogen and oxygen atoms in total. The third-order valence-electron chi connectivity index (χ3n) is 8.29. The van der Waals surface area contributed by atoms with Crippen LogP contribution < -0.4 is 0 Å². The molecule has 0 aliphatic carbocycles. The van der Waals surface area contributed by atoms with Crippen LogP contribution in [-0.2, 0) is 33.3 Å². The van der Waals surface area contributed by atoms with E-state index in [0.717, 1.165) is 44.5 Å². The molecule has 1 heterocycles. The molecule has 4 heteroatoms. The van der Waals surface area contributed by atoms with E-state index < -0.39 is 0 Å². The van der Waals surface area contributed by atoms with E-state index in [0.29, 0.717) is 11.8 Å². The van der Waals surface area contributed by atoms with E-state index in [4.69, 9.17) is 10.4 Å². The summed E-state index contributed by atoms with van der Waals surface area (Å²) in [4.78, 5) is 0. The Morgan fingerprint density at radius 2 is 0.885 bits per heavy atom. The zero-order valence-electron chi connectivity index (χ0n) is 31.3. The van der Waals surface area contributed by atoms with Crippen LogP contribution in [-0.4, -0.2) is 9.78 Å². The first-order valence-electron chi connectivity index (χ1n) is 17.6. The van der Waals surface area contributed by atoms with Gasteiger partial charge in [0, 0.05) is 12.4 Å². The number of nitrogens with zero attached hydrogens (tertiary/aromatic N) is 3. The molecular weight excluding hydrogens is 710 g/mol. The average Bonchev–Trinajstić information content (AvgIpc) is 3.48. The van der Waals surface area contributed by atoms with Gasteiger partial charge in [-0.15, -0.1) is 42.1 Å². The molecule has 1 radical (unpaired) electrons. The molecule has 7 aromatic rings. The number of aromatic nitrogens is 2. The molecule has 0 spiro atoms. The van der Waals surface area contributed by atoms with Gasteiger partial charge in [0.2, 0.25) is 0 Å². The zero-order chi connectivity index (χ0) is 36.6. The molecule has 1 aromatic heterocycles. The first kappa shape index (κ1) is 41.5. The van der Waals surface area contributed by atoms with Crippen molar-refractivity contribution in [2.24, 2.45) is 7.05 Å². The maximum Gasteiger partial charge on any atom is 3.00 e. The third-order valence-corrected chi connectivity index (χ3v) is 8.29. The minimum absolute atomic E-state index is 0. The molecule has 7 rings (SSSR count). The van der Waals surface area contributed by atoms with Crippen LogP contribution in [0.1, 0.15) is 84.6 Å². The summed E-state index contributed by atoms with van der Waals surface area (Å²) in [6, 6.07) is 55.0. The number of rotatable bonds is 6. The molecule has 0 amide bonds. The Morgan fingerprint density at radius 1 is 0.500 bits per heavy atom. The fraction of sp³-hybridized carbons (Fsp3) is 0.167. The van der Waals surface area contributed by atoms with Crippen molar-refractivity contribution in [1.29, 1.82) is 0 Å². The minimum atomic E-state index is -0.158. The maximum atomic E-state index is 5.43. The molecule has 0 N–H and O–H groups in total. The molecule has 263 valence electrons. The fourth-order valence-corrected chi connectivity index (χ4v) is 5.60. The van der Waals surface area contributed by atoms with Crippen LogP contribution in [0.4, 0.5) is 5.69 Å². The van der Waals surface area contributed by atoms with Gasteiger partial charge in [-0.05, 0) is 23.9 Å². The summed E-state index contributed by atoms with van der Waals surface area (Å²) in [5, 5.41) is 11.5. The minimum Gasteiger partial charge on any atom is -0.673 e. The molecule has 0 fully saturated rings. The van der Waals surface area contributed by atoms with Crippen molar-refractivity contribution in [3.8, 4) is 0 Å². The monoisotopic (exact) mass is 759 g/mol. The Labute approximate surface area is 332 Å². The van der Waals surface area contributed by atoms with Crippen molar-refractivity contribution in [3.05, 3.63) is 229 Å². The van der Waals surface area contributed by atoms with Gasteiger partial charge in [0.15, 0.2) is 0 Å². The van der Waals surface area contributed by atoms with Crippen LogP contribution in [0.25, 0.3) is 16.2 Å². The van der Waals surface area contributed by atoms with E-state index in [1.807, 2.05) is 103 Å². The number of fused-ring (bicyclic) bond motifs is 1. The van der Waals surface area contributed by atoms with Crippen LogP contribution >= 0.6 is 0 Å². The van der Waals surface area contributed by atoms with Crippen LogP contribution in [0.15, 0.2) is 164 Å². The van der Waals surface area contributed by atoms with Crippen LogP contribution in [0, 0.1) is 20.8 Å². The SMILES string of the molecule is CC(C)c1cccc(C(C)C)c1[N-]C(c1ccccc1)c1nn(C)c2ccccc12.[CH2-]c1ccccc1.[CH2-]c1ccccc1.[CH2-]c1ccccc1.[Zr+3]. The second kappa shape index (κ2) is 21.4. The molecule has 0 bridgehead atoms. The van der Waals surface area contributed by atoms with Gasteiger partial charge in [0.25, 0.3) is 0 Å². The Balaban J connectivity index is 0.000000265. The van der Waals surface area contributed by atoms with E-state index in [1.165, 1.54) is 11.1 Å². The Morgan fingerprint density at radius 3 is 1.27 bits per heavy atom. The van der Waals surface area contributed by atoms with E-state index in [-0.39, 0.29) is 32.2 Å². The molecular formula is C48H51N3Zr-. The van der Waals surface area contributed by atoms with Gasteiger partial charge in [-0.25, -0.2) is 0 Å². The first-order chi connectivity index (χ1) is 24.7. The fourth-order valence-electron chi connectivity index (χ4n) is 5.60. The number of aryl methyl sites for hydroxylation is 1. The first-order valence-corrected chi connectivity index (χ1v) is 17.6. The van der Waals surface area contributed by atoms with E-state index >= 15 is 0 Å². The maximum absolute atomic E-state index is 5.43. The Kier molecular flexibility index (Phi) is 17.1. The number of hydrogen-bond donors (Lipinski definition) is 0. The smallest absolute Gasteiger partial charge is 0.673 e. The van der Waals surface area contributed by atoms with E-state index in [2.05, 4.69) is 121 Å². The quantitative estimate of drug-likeness (QED) is 0.155. The van der Waals surface area contributed by atoms with Crippen LogP contribution in [0.2, 0.25) is 0 Å². The van der Waals surface area contributed by atoms with E-state index in [1.54, 1.807) is 0 Å². The summed E-state index contributed by atoms with van der Waals surface area (Å²) in [6.45, 7) is 20.1. The van der Waals surface area contributed by atoms with Gasteiger partial charge in [0.05, 0.1) is 11.2 Å². The second-order valence-electron chi connectivity index (χ2n) is 13.0. The molecule has 6 aromatic carbocycles. The Bertz CT molecular complexity index is 1890. The molecule has 1 unspecified atom stereocenters. The number of hydrogen-bond acceptors (Lipinski definition) is 1. The number of para-hydroxylation sites is 2. The van der Waals surface area contributed by atoms with Gasteiger partial charge in [-0.2, -0.15) is 79.0 Å². The predicted octanol–water partition coefficient (Wildman–Crippen LogP) is 13.2. The second-order valence-corrected chi connectivity index (χ2v) is 13.0. The van der Waals surface area contributed by atoms with Crippen molar-refractivity contribution in [2.75, 3.05) is 0 Å². The zero-order valence-corrected chi connectivity index (χ0v) is 33.7. The predicted molar refractivity (Wildman–Crippen MR) is 219 cm³/mol. The molecule has 0 aliphatic heterocycles. The largest absolute Gasteiger partial charge is 3.00 e. The van der Waals surface area contributed by atoms with Gasteiger partial charge in [-0.3, -0.25) is 4.68 Å². The molecule has 1 atom stereocenters. The molecule has 0 saturated heterocycles. The summed E-state index contributed by atoms with van der Waals surface area (Å²) in [5.41, 5.74) is 10.2. The summed E-state index contributed by atoms with van der Waals surface area (Å²) >= 11 is 0. The molecule has 0 saturated carbocycles. The summed E-state index contributed by atoms with van der Waals surface area (Å²) in [5.74, 6) is 0.804. The van der Waals surface area contributed by atoms with E-state index in [9.17, 15) is 0 Å². The van der Waals surface area contributed by atoms with Gasteiger partial charge in [-0.1, -0.05) is 129 Å². The van der Waals surface area contributed by atoms with Crippen molar-refractivity contribution in [2.45, 2.75) is 45.6 Å². The van der Waals surface area contributed by atoms with Crippen molar-refractivity contribution >= 4 is 16.6 Å². The van der Waals surface area contributed by atoms with Crippen molar-refractivity contribution in [3.63, 3.8) is 0 Å². The topological polar surface area (TPSA) is 31.9 Å². The van der Waals surface area contributed by atoms with Gasteiger partial charge < -0.3 is 5.32 Å². The van der Waals surface area contributed by atoms with Gasteiger partial charge >= 0.3 is 26.2 Å². The molecule has 52 heavy (non-hydrogen) atoms.